The van der Waals surface area contributed by atoms with Gasteiger partial charge in [-0.25, -0.2) is 4.79 Å². The largest absolute Gasteiger partial charge is 0.493 e. The highest BCUT2D eigenvalue weighted by Crippen LogP contribution is 2.32. The van der Waals surface area contributed by atoms with Gasteiger partial charge in [-0.2, -0.15) is 0 Å². The third kappa shape index (κ3) is 4.56. The number of ether oxygens (including phenoxy) is 2. The van der Waals surface area contributed by atoms with Crippen molar-refractivity contribution in [3.8, 4) is 11.5 Å². The normalized spacial score (nSPS) is 14.2. The summed E-state index contributed by atoms with van der Waals surface area (Å²) in [6, 6.07) is 12.2. The Labute approximate surface area is 186 Å². The van der Waals surface area contributed by atoms with Gasteiger partial charge < -0.3 is 24.5 Å². The lowest BCUT2D eigenvalue weighted by atomic mass is 9.89. The molecule has 0 spiro atoms. The molecule has 0 bridgehead atoms. The molecule has 3 aromatic rings. The molecule has 168 valence electrons. The fraction of sp³-hybridized carbons (Fsp3) is 0.360. The van der Waals surface area contributed by atoms with E-state index in [1.54, 1.807) is 24.3 Å². The fourth-order valence-corrected chi connectivity index (χ4v) is 4.25. The lowest BCUT2D eigenvalue weighted by molar-refractivity contribution is 0.102. The number of carbonyl (C=O) groups is 1. The van der Waals surface area contributed by atoms with Gasteiger partial charge in [-0.15, -0.1) is 0 Å². The minimum Gasteiger partial charge on any atom is -0.493 e. The maximum atomic E-state index is 13.0. The number of anilines is 2. The summed E-state index contributed by atoms with van der Waals surface area (Å²) in [5.41, 5.74) is 0.931. The topological polar surface area (TPSA) is 89.8 Å². The van der Waals surface area contributed by atoms with E-state index in [0.717, 1.165) is 11.9 Å². The van der Waals surface area contributed by atoms with Crippen molar-refractivity contribution < 1.29 is 18.7 Å². The second-order valence-corrected chi connectivity index (χ2v) is 8.04. The Balaban J connectivity index is 1.67. The maximum Gasteiger partial charge on any atom is 0.362 e. The number of carbonyl (C=O) groups excluding carboxylic acids is 1. The number of hydrogen-bond donors (Lipinski definition) is 2. The quantitative estimate of drug-likeness (QED) is 0.504. The van der Waals surface area contributed by atoms with Crippen molar-refractivity contribution in [2.75, 3.05) is 31.4 Å². The molecule has 1 fully saturated rings. The van der Waals surface area contributed by atoms with E-state index in [2.05, 4.69) is 10.6 Å². The first-order valence-electron chi connectivity index (χ1n) is 10.9. The average Bonchev–Trinajstić information content (AvgIpc) is 2.83. The van der Waals surface area contributed by atoms with Crippen LogP contribution in [-0.4, -0.2) is 26.7 Å². The first-order valence-corrected chi connectivity index (χ1v) is 10.9. The Morgan fingerprint density at radius 2 is 1.75 bits per heavy atom. The van der Waals surface area contributed by atoms with Gasteiger partial charge in [-0.1, -0.05) is 31.4 Å². The molecule has 0 aliphatic heterocycles. The predicted molar refractivity (Wildman–Crippen MR) is 125 cm³/mol. The summed E-state index contributed by atoms with van der Waals surface area (Å²) >= 11 is 0. The minimum atomic E-state index is -0.594. The molecule has 1 saturated carbocycles. The molecule has 1 aliphatic rings. The predicted octanol–water partition coefficient (Wildman–Crippen LogP) is 5.05. The van der Waals surface area contributed by atoms with Gasteiger partial charge in [0.25, 0.3) is 5.91 Å². The van der Waals surface area contributed by atoms with Crippen molar-refractivity contribution in [1.29, 1.82) is 0 Å². The monoisotopic (exact) mass is 436 g/mol. The van der Waals surface area contributed by atoms with Gasteiger partial charge in [-0.3, -0.25) is 4.79 Å². The van der Waals surface area contributed by atoms with Gasteiger partial charge in [0.05, 0.1) is 19.9 Å². The highest BCUT2D eigenvalue weighted by Gasteiger charge is 2.20. The molecular weight excluding hydrogens is 408 g/mol. The molecule has 1 aromatic heterocycles. The van der Waals surface area contributed by atoms with E-state index in [0.29, 0.717) is 34.3 Å². The second kappa shape index (κ2) is 9.77. The van der Waals surface area contributed by atoms with Crippen LogP contribution in [0.25, 0.3) is 11.0 Å². The highest BCUT2D eigenvalue weighted by atomic mass is 16.5. The number of para-hydroxylation sites is 1. The van der Waals surface area contributed by atoms with Crippen LogP contribution in [0.2, 0.25) is 0 Å². The number of benzene rings is 2. The zero-order valence-electron chi connectivity index (χ0n) is 18.4. The summed E-state index contributed by atoms with van der Waals surface area (Å²) in [7, 11) is 3.03. The Morgan fingerprint density at radius 3 is 2.50 bits per heavy atom. The molecule has 0 radical (unpaired) electrons. The maximum absolute atomic E-state index is 13.0. The number of amides is 1. The van der Waals surface area contributed by atoms with Gasteiger partial charge in [-0.05, 0) is 49.1 Å². The van der Waals surface area contributed by atoms with Crippen LogP contribution in [0, 0.1) is 5.92 Å². The smallest absolute Gasteiger partial charge is 0.362 e. The Kier molecular flexibility index (Phi) is 6.63. The standard InChI is InChI=1S/C25H28N2O5/c1-30-20-13-12-17(14-21(20)31-2)24(28)27-23-22(26-15-16-8-4-3-5-9-16)18-10-6-7-11-19(18)32-25(23)29/h6-7,10-14,16,26H,3-5,8-9,15H2,1-2H3,(H,27,28). The molecule has 1 amide bonds. The van der Waals surface area contributed by atoms with Crippen LogP contribution in [0.5, 0.6) is 11.5 Å². The molecule has 2 N–H and O–H groups in total. The third-order valence-electron chi connectivity index (χ3n) is 5.99. The van der Waals surface area contributed by atoms with Crippen LogP contribution in [0.3, 0.4) is 0 Å². The summed E-state index contributed by atoms with van der Waals surface area (Å²) < 4.78 is 16.0. The van der Waals surface area contributed by atoms with Crippen molar-refractivity contribution in [2.45, 2.75) is 32.1 Å². The molecular formula is C25H28N2O5. The van der Waals surface area contributed by atoms with Crippen LogP contribution in [-0.2, 0) is 0 Å². The van der Waals surface area contributed by atoms with E-state index >= 15 is 0 Å². The van der Waals surface area contributed by atoms with E-state index in [9.17, 15) is 9.59 Å². The summed E-state index contributed by atoms with van der Waals surface area (Å²) in [4.78, 5) is 25.8. The van der Waals surface area contributed by atoms with E-state index in [-0.39, 0.29) is 5.69 Å². The van der Waals surface area contributed by atoms with Gasteiger partial charge in [0, 0.05) is 17.5 Å². The van der Waals surface area contributed by atoms with Crippen LogP contribution in [0.15, 0.2) is 51.7 Å². The van der Waals surface area contributed by atoms with E-state index in [4.69, 9.17) is 13.9 Å². The summed E-state index contributed by atoms with van der Waals surface area (Å²) in [6.07, 6.45) is 6.07. The third-order valence-corrected chi connectivity index (χ3v) is 5.99. The van der Waals surface area contributed by atoms with Gasteiger partial charge in [0.15, 0.2) is 17.2 Å². The number of rotatable bonds is 7. The summed E-state index contributed by atoms with van der Waals surface area (Å²) in [5.74, 6) is 1.06. The zero-order valence-corrected chi connectivity index (χ0v) is 18.4. The average molecular weight is 437 g/mol. The fourth-order valence-electron chi connectivity index (χ4n) is 4.25. The van der Waals surface area contributed by atoms with E-state index in [1.165, 1.54) is 46.3 Å². The lowest BCUT2D eigenvalue weighted by Gasteiger charge is -2.23. The Bertz CT molecular complexity index is 1160. The first kappa shape index (κ1) is 21.7. The molecule has 2 aromatic carbocycles. The van der Waals surface area contributed by atoms with Gasteiger partial charge >= 0.3 is 5.63 Å². The van der Waals surface area contributed by atoms with E-state index < -0.39 is 11.5 Å². The SMILES string of the molecule is COc1ccc(C(=O)Nc2c(NCC3CCCCC3)c3ccccc3oc2=O)cc1OC. The zero-order chi connectivity index (χ0) is 22.5. The highest BCUT2D eigenvalue weighted by molar-refractivity contribution is 6.08. The Morgan fingerprint density at radius 1 is 1.00 bits per heavy atom. The molecule has 1 aliphatic carbocycles. The number of hydrogen-bond acceptors (Lipinski definition) is 6. The molecule has 7 nitrogen and oxygen atoms in total. The van der Waals surface area contributed by atoms with Crippen molar-refractivity contribution in [2.24, 2.45) is 5.92 Å². The lowest BCUT2D eigenvalue weighted by Crippen LogP contribution is -2.23. The molecule has 7 heteroatoms. The summed E-state index contributed by atoms with van der Waals surface area (Å²) in [5, 5.41) is 6.96. The number of fused-ring (bicyclic) bond motifs is 1. The number of nitrogens with one attached hydrogen (secondary N) is 2. The second-order valence-electron chi connectivity index (χ2n) is 8.04. The van der Waals surface area contributed by atoms with Crippen molar-refractivity contribution >= 4 is 28.3 Å². The van der Waals surface area contributed by atoms with Gasteiger partial charge in [0.1, 0.15) is 5.58 Å². The molecule has 0 unspecified atom stereocenters. The summed E-state index contributed by atoms with van der Waals surface area (Å²) in [6.45, 7) is 0.743. The first-order chi connectivity index (χ1) is 15.6. The van der Waals surface area contributed by atoms with Crippen molar-refractivity contribution in [3.63, 3.8) is 0 Å². The Hall–Kier alpha value is -3.48. The van der Waals surface area contributed by atoms with Crippen LogP contribution < -0.4 is 25.7 Å². The van der Waals surface area contributed by atoms with Crippen molar-refractivity contribution in [1.82, 2.24) is 0 Å². The molecule has 4 rings (SSSR count). The minimum absolute atomic E-state index is 0.110. The molecule has 0 atom stereocenters. The molecule has 0 saturated heterocycles. The van der Waals surface area contributed by atoms with E-state index in [1.807, 2.05) is 18.2 Å². The van der Waals surface area contributed by atoms with Crippen LogP contribution in [0.1, 0.15) is 42.5 Å². The molecule has 1 heterocycles. The number of methoxy groups -OCH3 is 2. The van der Waals surface area contributed by atoms with Crippen LogP contribution in [0.4, 0.5) is 11.4 Å². The van der Waals surface area contributed by atoms with Gasteiger partial charge in [0.2, 0.25) is 0 Å². The van der Waals surface area contributed by atoms with Crippen LogP contribution >= 0.6 is 0 Å². The van der Waals surface area contributed by atoms with Crippen molar-refractivity contribution in [3.05, 3.63) is 58.4 Å². The molecule has 32 heavy (non-hydrogen) atoms.